The summed E-state index contributed by atoms with van der Waals surface area (Å²) in [5.41, 5.74) is 1.08. The van der Waals surface area contributed by atoms with E-state index in [2.05, 4.69) is 14.7 Å². The standard InChI is InChI=1S/C13H12N2O3/c1-17-13(16)11-8-14-7-5-12(11)18-9-10-4-2-3-6-15-10/h2-8H,9H2,1H3. The number of rotatable bonds is 4. The highest BCUT2D eigenvalue weighted by Crippen LogP contribution is 2.18. The maximum Gasteiger partial charge on any atom is 0.343 e. The van der Waals surface area contributed by atoms with Crippen LogP contribution in [0.4, 0.5) is 0 Å². The lowest BCUT2D eigenvalue weighted by molar-refractivity contribution is 0.0595. The molecule has 0 N–H and O–H groups in total. The molecule has 0 saturated heterocycles. The third-order valence-corrected chi connectivity index (χ3v) is 2.29. The highest BCUT2D eigenvalue weighted by molar-refractivity contribution is 5.91. The number of hydrogen-bond acceptors (Lipinski definition) is 5. The number of esters is 1. The van der Waals surface area contributed by atoms with Gasteiger partial charge in [0.05, 0.1) is 12.8 Å². The molecule has 5 nitrogen and oxygen atoms in total. The Kier molecular flexibility index (Phi) is 3.86. The first-order valence-electron chi connectivity index (χ1n) is 5.36. The van der Waals surface area contributed by atoms with E-state index in [1.54, 1.807) is 18.5 Å². The molecule has 92 valence electrons. The van der Waals surface area contributed by atoms with Gasteiger partial charge in [0, 0.05) is 18.6 Å². The van der Waals surface area contributed by atoms with Gasteiger partial charge in [0.25, 0.3) is 0 Å². The largest absolute Gasteiger partial charge is 0.486 e. The van der Waals surface area contributed by atoms with E-state index in [4.69, 9.17) is 4.74 Å². The molecular formula is C13H12N2O3. The third-order valence-electron chi connectivity index (χ3n) is 2.29. The number of pyridine rings is 2. The Morgan fingerprint density at radius 3 is 2.89 bits per heavy atom. The summed E-state index contributed by atoms with van der Waals surface area (Å²) in [6.07, 6.45) is 4.66. The fourth-order valence-electron chi connectivity index (χ4n) is 1.41. The van der Waals surface area contributed by atoms with Crippen LogP contribution in [0.15, 0.2) is 42.9 Å². The molecule has 0 aliphatic rings. The predicted molar refractivity (Wildman–Crippen MR) is 64.1 cm³/mol. The van der Waals surface area contributed by atoms with Crippen molar-refractivity contribution < 1.29 is 14.3 Å². The smallest absolute Gasteiger partial charge is 0.343 e. The first kappa shape index (κ1) is 12.0. The third kappa shape index (κ3) is 2.82. The second-order valence-corrected chi connectivity index (χ2v) is 3.47. The molecule has 18 heavy (non-hydrogen) atoms. The van der Waals surface area contributed by atoms with E-state index in [1.807, 2.05) is 18.2 Å². The molecule has 0 fully saturated rings. The van der Waals surface area contributed by atoms with Crippen molar-refractivity contribution in [3.63, 3.8) is 0 Å². The molecule has 2 heterocycles. The summed E-state index contributed by atoms with van der Waals surface area (Å²) in [5.74, 6) is -0.0402. The molecule has 0 unspecified atom stereocenters. The molecule has 0 saturated carbocycles. The summed E-state index contributed by atoms with van der Waals surface area (Å²) >= 11 is 0. The molecule has 0 amide bonds. The van der Waals surface area contributed by atoms with Crippen molar-refractivity contribution in [2.75, 3.05) is 7.11 Å². The van der Waals surface area contributed by atoms with Crippen molar-refractivity contribution in [3.05, 3.63) is 54.1 Å². The van der Waals surface area contributed by atoms with Gasteiger partial charge < -0.3 is 9.47 Å². The van der Waals surface area contributed by atoms with Crippen molar-refractivity contribution in [1.29, 1.82) is 0 Å². The highest BCUT2D eigenvalue weighted by Gasteiger charge is 2.12. The molecule has 2 rings (SSSR count). The average Bonchev–Trinajstić information content (AvgIpc) is 2.45. The topological polar surface area (TPSA) is 61.3 Å². The van der Waals surface area contributed by atoms with Gasteiger partial charge in [-0.2, -0.15) is 0 Å². The highest BCUT2D eigenvalue weighted by atomic mass is 16.5. The summed E-state index contributed by atoms with van der Waals surface area (Å²) in [6.45, 7) is 0.287. The van der Waals surface area contributed by atoms with Crippen molar-refractivity contribution >= 4 is 5.97 Å². The van der Waals surface area contributed by atoms with Gasteiger partial charge in [-0.15, -0.1) is 0 Å². The summed E-state index contributed by atoms with van der Waals surface area (Å²) in [5, 5.41) is 0. The van der Waals surface area contributed by atoms with Crippen LogP contribution in [-0.4, -0.2) is 23.0 Å². The van der Waals surface area contributed by atoms with Gasteiger partial charge >= 0.3 is 5.97 Å². The molecule has 0 aromatic carbocycles. The van der Waals surface area contributed by atoms with Crippen LogP contribution >= 0.6 is 0 Å². The van der Waals surface area contributed by atoms with Gasteiger partial charge in [-0.1, -0.05) is 6.07 Å². The SMILES string of the molecule is COC(=O)c1cnccc1OCc1ccccn1. The van der Waals surface area contributed by atoms with Gasteiger partial charge in [0.1, 0.15) is 17.9 Å². The lowest BCUT2D eigenvalue weighted by Crippen LogP contribution is -2.06. The number of aromatic nitrogens is 2. The number of hydrogen-bond donors (Lipinski definition) is 0. The Morgan fingerprint density at radius 2 is 2.17 bits per heavy atom. The Bertz CT molecular complexity index is 529. The molecule has 0 aliphatic carbocycles. The molecule has 0 atom stereocenters. The van der Waals surface area contributed by atoms with Gasteiger partial charge in [0.2, 0.25) is 0 Å². The second-order valence-electron chi connectivity index (χ2n) is 3.47. The number of carbonyl (C=O) groups excluding carboxylic acids is 1. The van der Waals surface area contributed by atoms with Crippen molar-refractivity contribution in [2.45, 2.75) is 6.61 Å². The number of ether oxygens (including phenoxy) is 2. The fraction of sp³-hybridized carbons (Fsp3) is 0.154. The van der Waals surface area contributed by atoms with Crippen LogP contribution in [0, 0.1) is 0 Å². The lowest BCUT2D eigenvalue weighted by Gasteiger charge is -2.08. The maximum absolute atomic E-state index is 11.5. The van der Waals surface area contributed by atoms with Gasteiger partial charge in [-0.3, -0.25) is 9.97 Å². The number of carbonyl (C=O) groups is 1. The Hall–Kier alpha value is -2.43. The van der Waals surface area contributed by atoms with Gasteiger partial charge in [-0.05, 0) is 18.2 Å². The van der Waals surface area contributed by atoms with E-state index < -0.39 is 5.97 Å². The molecule has 0 radical (unpaired) electrons. The van der Waals surface area contributed by atoms with Crippen LogP contribution < -0.4 is 4.74 Å². The lowest BCUT2D eigenvalue weighted by atomic mass is 10.2. The molecular weight excluding hydrogens is 232 g/mol. The molecule has 0 aliphatic heterocycles. The van der Waals surface area contributed by atoms with Crippen LogP contribution in [0.2, 0.25) is 0 Å². The Labute approximate surface area is 104 Å². The predicted octanol–water partition coefficient (Wildman–Crippen LogP) is 1.84. The van der Waals surface area contributed by atoms with E-state index in [1.165, 1.54) is 13.3 Å². The van der Waals surface area contributed by atoms with Crippen molar-refractivity contribution in [3.8, 4) is 5.75 Å². The van der Waals surface area contributed by atoms with Crippen LogP contribution in [0.5, 0.6) is 5.75 Å². The second kappa shape index (κ2) is 5.77. The van der Waals surface area contributed by atoms with Crippen molar-refractivity contribution in [1.82, 2.24) is 9.97 Å². The summed E-state index contributed by atoms with van der Waals surface area (Å²) in [4.78, 5) is 19.5. The number of nitrogens with zero attached hydrogens (tertiary/aromatic N) is 2. The van der Waals surface area contributed by atoms with Crippen LogP contribution in [0.25, 0.3) is 0 Å². The van der Waals surface area contributed by atoms with E-state index >= 15 is 0 Å². The molecule has 2 aromatic rings. The monoisotopic (exact) mass is 244 g/mol. The van der Waals surface area contributed by atoms with E-state index in [-0.39, 0.29) is 6.61 Å². The molecule has 2 aromatic heterocycles. The summed E-state index contributed by atoms with van der Waals surface area (Å²) in [7, 11) is 1.32. The maximum atomic E-state index is 11.5. The molecule has 5 heteroatoms. The zero-order valence-electron chi connectivity index (χ0n) is 9.87. The van der Waals surface area contributed by atoms with E-state index in [9.17, 15) is 4.79 Å². The summed E-state index contributed by atoms with van der Waals surface area (Å²) < 4.78 is 10.2. The van der Waals surface area contributed by atoms with Gasteiger partial charge in [-0.25, -0.2) is 4.79 Å². The normalized spacial score (nSPS) is 9.83. The minimum atomic E-state index is -0.473. The zero-order valence-corrected chi connectivity index (χ0v) is 9.87. The molecule has 0 spiro atoms. The van der Waals surface area contributed by atoms with Crippen molar-refractivity contribution in [2.24, 2.45) is 0 Å². The number of methoxy groups -OCH3 is 1. The van der Waals surface area contributed by atoms with Crippen LogP contribution in [0.3, 0.4) is 0 Å². The van der Waals surface area contributed by atoms with Crippen LogP contribution in [0.1, 0.15) is 16.1 Å². The average molecular weight is 244 g/mol. The first-order valence-corrected chi connectivity index (χ1v) is 5.36. The van der Waals surface area contributed by atoms with Gasteiger partial charge in [0.15, 0.2) is 0 Å². The minimum absolute atomic E-state index is 0.287. The summed E-state index contributed by atoms with van der Waals surface area (Å²) in [6, 6.07) is 7.17. The van der Waals surface area contributed by atoms with E-state index in [0.29, 0.717) is 11.3 Å². The Morgan fingerprint density at radius 1 is 1.28 bits per heavy atom. The first-order chi connectivity index (χ1) is 8.81. The fourth-order valence-corrected chi connectivity index (χ4v) is 1.41. The Balaban J connectivity index is 2.12. The minimum Gasteiger partial charge on any atom is -0.486 e. The zero-order chi connectivity index (χ0) is 12.8. The van der Waals surface area contributed by atoms with Crippen LogP contribution in [-0.2, 0) is 11.3 Å². The molecule has 0 bridgehead atoms. The quantitative estimate of drug-likeness (QED) is 0.768. The van der Waals surface area contributed by atoms with E-state index in [0.717, 1.165) is 5.69 Å².